The number of rotatable bonds is 6. The topological polar surface area (TPSA) is 78.9 Å². The lowest BCUT2D eigenvalue weighted by atomic mass is 10.1. The highest BCUT2D eigenvalue weighted by Gasteiger charge is 2.27. The van der Waals surface area contributed by atoms with Crippen LogP contribution < -0.4 is 5.32 Å². The minimum absolute atomic E-state index is 0.0769. The van der Waals surface area contributed by atoms with Crippen molar-refractivity contribution in [2.24, 2.45) is 5.92 Å². The number of carbonyl (C=O) groups excluding carboxylic acids is 1. The first kappa shape index (κ1) is 15.8. The number of hydrogen-bond acceptors (Lipinski definition) is 3. The Hall–Kier alpha value is -1.30. The molecule has 0 aromatic carbocycles. The van der Waals surface area contributed by atoms with E-state index in [2.05, 4.69) is 5.32 Å². The minimum Gasteiger partial charge on any atom is -0.480 e. The summed E-state index contributed by atoms with van der Waals surface area (Å²) < 4.78 is 5.50. The molecule has 1 saturated heterocycles. The Morgan fingerprint density at radius 2 is 2.16 bits per heavy atom. The molecule has 2 N–H and O–H groups in total. The van der Waals surface area contributed by atoms with Crippen LogP contribution in [0.25, 0.3) is 0 Å². The zero-order chi connectivity index (χ0) is 14.4. The lowest BCUT2D eigenvalue weighted by Crippen LogP contribution is -2.51. The molecule has 19 heavy (non-hydrogen) atoms. The van der Waals surface area contributed by atoms with Gasteiger partial charge < -0.3 is 20.1 Å². The molecule has 2 amide bonds. The number of nitrogens with zero attached hydrogens (tertiary/aromatic N) is 1. The Morgan fingerprint density at radius 1 is 1.47 bits per heavy atom. The molecule has 0 spiro atoms. The number of urea groups is 1. The average Bonchev–Trinajstić information content (AvgIpc) is 2.84. The van der Waals surface area contributed by atoms with Crippen molar-refractivity contribution >= 4 is 12.0 Å². The summed E-state index contributed by atoms with van der Waals surface area (Å²) >= 11 is 0. The molecular weight excluding hydrogens is 248 g/mol. The Morgan fingerprint density at radius 3 is 2.58 bits per heavy atom. The third-order valence-corrected chi connectivity index (χ3v) is 3.33. The van der Waals surface area contributed by atoms with Gasteiger partial charge in [0, 0.05) is 19.7 Å². The Balaban J connectivity index is 2.54. The summed E-state index contributed by atoms with van der Waals surface area (Å²) in [4.78, 5) is 24.8. The maximum absolute atomic E-state index is 12.1. The van der Waals surface area contributed by atoms with Gasteiger partial charge in [0.2, 0.25) is 0 Å². The van der Waals surface area contributed by atoms with Gasteiger partial charge in [-0.15, -0.1) is 0 Å². The van der Waals surface area contributed by atoms with Gasteiger partial charge >= 0.3 is 12.0 Å². The monoisotopic (exact) mass is 272 g/mol. The van der Waals surface area contributed by atoms with Crippen molar-refractivity contribution in [1.82, 2.24) is 10.2 Å². The Labute approximate surface area is 114 Å². The van der Waals surface area contributed by atoms with Crippen LogP contribution in [0, 0.1) is 5.92 Å². The molecule has 0 saturated carbocycles. The van der Waals surface area contributed by atoms with E-state index in [0.717, 1.165) is 19.4 Å². The van der Waals surface area contributed by atoms with Crippen LogP contribution in [0.3, 0.4) is 0 Å². The third-order valence-electron chi connectivity index (χ3n) is 3.33. The molecule has 0 aliphatic carbocycles. The predicted molar refractivity (Wildman–Crippen MR) is 71.0 cm³/mol. The fraction of sp³-hybridized carbons (Fsp3) is 0.846. The highest BCUT2D eigenvalue weighted by atomic mass is 16.5. The Kier molecular flexibility index (Phi) is 6.08. The van der Waals surface area contributed by atoms with Crippen LogP contribution in [0.15, 0.2) is 0 Å². The second-order valence-electron chi connectivity index (χ2n) is 5.18. The minimum atomic E-state index is -1.00. The smallest absolute Gasteiger partial charge is 0.326 e. The third kappa shape index (κ3) is 4.70. The molecule has 1 unspecified atom stereocenters. The summed E-state index contributed by atoms with van der Waals surface area (Å²) in [6.07, 6.45) is 2.05. The van der Waals surface area contributed by atoms with Crippen molar-refractivity contribution in [2.45, 2.75) is 45.8 Å². The molecule has 1 heterocycles. The number of hydrogen-bond donors (Lipinski definition) is 2. The molecule has 0 bridgehead atoms. The summed E-state index contributed by atoms with van der Waals surface area (Å²) in [6.45, 7) is 7.22. The van der Waals surface area contributed by atoms with Crippen molar-refractivity contribution in [3.8, 4) is 0 Å². The van der Waals surface area contributed by atoms with Crippen LogP contribution in [-0.2, 0) is 9.53 Å². The largest absolute Gasteiger partial charge is 0.480 e. The summed E-state index contributed by atoms with van der Waals surface area (Å²) in [5.74, 6) is -1.15. The van der Waals surface area contributed by atoms with E-state index in [4.69, 9.17) is 9.84 Å². The predicted octanol–water partition coefficient (Wildman–Crippen LogP) is 1.31. The molecule has 1 fully saturated rings. The maximum Gasteiger partial charge on any atom is 0.326 e. The maximum atomic E-state index is 12.1. The summed E-state index contributed by atoms with van der Waals surface area (Å²) in [6, 6.07) is -1.19. The molecule has 2 atom stereocenters. The van der Waals surface area contributed by atoms with E-state index in [-0.39, 0.29) is 18.1 Å². The average molecular weight is 272 g/mol. The second-order valence-corrected chi connectivity index (χ2v) is 5.18. The van der Waals surface area contributed by atoms with E-state index in [0.29, 0.717) is 13.1 Å². The fourth-order valence-electron chi connectivity index (χ4n) is 2.13. The van der Waals surface area contributed by atoms with Gasteiger partial charge in [-0.05, 0) is 25.7 Å². The SMILES string of the molecule is CCN(CC1CCCO1)C(=O)N[C@@H](C(=O)O)C(C)C. The molecule has 0 aromatic heterocycles. The first-order chi connectivity index (χ1) is 8.95. The van der Waals surface area contributed by atoms with Gasteiger partial charge in [-0.3, -0.25) is 0 Å². The van der Waals surface area contributed by atoms with Crippen molar-refractivity contribution < 1.29 is 19.4 Å². The van der Waals surface area contributed by atoms with Gasteiger partial charge in [0.05, 0.1) is 6.10 Å². The highest BCUT2D eigenvalue weighted by Crippen LogP contribution is 2.13. The number of carbonyl (C=O) groups is 2. The standard InChI is InChI=1S/C13H24N2O4/c1-4-15(8-10-6-5-7-19-10)13(18)14-11(9(2)3)12(16)17/h9-11H,4-8H2,1-3H3,(H,14,18)(H,16,17)/t10?,11-/m1/s1. The quantitative estimate of drug-likeness (QED) is 0.764. The first-order valence-corrected chi connectivity index (χ1v) is 6.85. The fourth-order valence-corrected chi connectivity index (χ4v) is 2.13. The molecule has 1 rings (SSSR count). The number of nitrogens with one attached hydrogen (secondary N) is 1. The number of carboxylic acids is 1. The van der Waals surface area contributed by atoms with E-state index >= 15 is 0 Å². The zero-order valence-electron chi connectivity index (χ0n) is 11.9. The lowest BCUT2D eigenvalue weighted by Gasteiger charge is -2.27. The molecular formula is C13H24N2O4. The number of ether oxygens (including phenoxy) is 1. The van der Waals surface area contributed by atoms with Crippen LogP contribution in [0.5, 0.6) is 0 Å². The number of likely N-dealkylation sites (N-methyl/N-ethyl adjacent to an activating group) is 1. The summed E-state index contributed by atoms with van der Waals surface area (Å²) in [7, 11) is 0. The Bertz CT molecular complexity index is 314. The molecule has 1 aliphatic heterocycles. The van der Waals surface area contributed by atoms with Gasteiger partial charge in [-0.25, -0.2) is 9.59 Å². The van der Waals surface area contributed by atoms with Gasteiger partial charge in [-0.2, -0.15) is 0 Å². The molecule has 6 nitrogen and oxygen atoms in total. The zero-order valence-corrected chi connectivity index (χ0v) is 11.9. The van der Waals surface area contributed by atoms with Gasteiger partial charge in [0.25, 0.3) is 0 Å². The van der Waals surface area contributed by atoms with Crippen LogP contribution in [0.1, 0.15) is 33.6 Å². The second kappa shape index (κ2) is 7.33. The van der Waals surface area contributed by atoms with Gasteiger partial charge in [-0.1, -0.05) is 13.8 Å². The van der Waals surface area contributed by atoms with E-state index in [1.54, 1.807) is 18.7 Å². The molecule has 0 radical (unpaired) electrons. The van der Waals surface area contributed by atoms with Crippen molar-refractivity contribution in [2.75, 3.05) is 19.7 Å². The van der Waals surface area contributed by atoms with E-state index in [1.165, 1.54) is 0 Å². The normalized spacial score (nSPS) is 20.3. The van der Waals surface area contributed by atoms with Crippen molar-refractivity contribution in [1.29, 1.82) is 0 Å². The van der Waals surface area contributed by atoms with Crippen LogP contribution in [-0.4, -0.2) is 53.8 Å². The summed E-state index contributed by atoms with van der Waals surface area (Å²) in [5, 5.41) is 11.6. The molecule has 0 aromatic rings. The van der Waals surface area contributed by atoms with E-state index in [1.807, 2.05) is 6.92 Å². The van der Waals surface area contributed by atoms with E-state index < -0.39 is 12.0 Å². The van der Waals surface area contributed by atoms with Crippen LogP contribution in [0.4, 0.5) is 4.79 Å². The first-order valence-electron chi connectivity index (χ1n) is 6.85. The summed E-state index contributed by atoms with van der Waals surface area (Å²) in [5.41, 5.74) is 0. The van der Waals surface area contributed by atoms with Crippen LogP contribution in [0.2, 0.25) is 0 Å². The number of aliphatic carboxylic acids is 1. The number of amides is 2. The van der Waals surface area contributed by atoms with Gasteiger partial charge in [0.1, 0.15) is 6.04 Å². The van der Waals surface area contributed by atoms with Crippen LogP contribution >= 0.6 is 0 Å². The molecule has 110 valence electrons. The van der Waals surface area contributed by atoms with Crippen molar-refractivity contribution in [3.05, 3.63) is 0 Å². The lowest BCUT2D eigenvalue weighted by molar-refractivity contribution is -0.140. The van der Waals surface area contributed by atoms with Crippen molar-refractivity contribution in [3.63, 3.8) is 0 Å². The highest BCUT2D eigenvalue weighted by molar-refractivity contribution is 5.82. The molecule has 6 heteroatoms. The number of carboxylic acid groups (broad SMARTS) is 1. The van der Waals surface area contributed by atoms with Gasteiger partial charge in [0.15, 0.2) is 0 Å². The van der Waals surface area contributed by atoms with E-state index in [9.17, 15) is 9.59 Å². The molecule has 1 aliphatic rings.